The molecule has 0 aliphatic heterocycles. The molecule has 0 fully saturated rings. The van der Waals surface area contributed by atoms with Gasteiger partial charge >= 0.3 is 6.36 Å². The number of hydrogen-bond donors (Lipinski definition) is 2. The van der Waals surface area contributed by atoms with E-state index in [-0.39, 0.29) is 24.2 Å². The Hall–Kier alpha value is -3.23. The lowest BCUT2D eigenvalue weighted by Gasteiger charge is -2.20. The minimum atomic E-state index is -4.75. The molecule has 0 spiro atoms. The van der Waals surface area contributed by atoms with Crippen LogP contribution < -0.4 is 15.8 Å². The quantitative estimate of drug-likeness (QED) is 0.558. The van der Waals surface area contributed by atoms with Crippen LogP contribution in [0.3, 0.4) is 0 Å². The van der Waals surface area contributed by atoms with Crippen molar-refractivity contribution in [3.05, 3.63) is 60.2 Å². The molecule has 28 heavy (non-hydrogen) atoms. The summed E-state index contributed by atoms with van der Waals surface area (Å²) < 4.78 is 40.2. The summed E-state index contributed by atoms with van der Waals surface area (Å²) in [4.78, 5) is 18.0. The second-order valence-corrected chi connectivity index (χ2v) is 5.79. The Bertz CT molecular complexity index is 793. The Kier molecular flexibility index (Phi) is 7.25. The Morgan fingerprint density at radius 1 is 1.14 bits per heavy atom. The van der Waals surface area contributed by atoms with E-state index in [0.29, 0.717) is 18.8 Å². The predicted molar refractivity (Wildman–Crippen MR) is 101 cm³/mol. The van der Waals surface area contributed by atoms with E-state index in [1.54, 1.807) is 4.90 Å². The highest BCUT2D eigenvalue weighted by Gasteiger charge is 2.30. The number of carbonyl (C=O) groups is 1. The van der Waals surface area contributed by atoms with Crippen molar-refractivity contribution in [3.63, 3.8) is 0 Å². The zero-order valence-corrected chi connectivity index (χ0v) is 15.2. The minimum absolute atomic E-state index is 0.0198. The maximum absolute atomic E-state index is 12.3. The van der Waals surface area contributed by atoms with Gasteiger partial charge in [-0.3, -0.25) is 4.79 Å². The number of rotatable bonds is 7. The SMILES string of the molecule is CCN(Cc1ccccc1)C(=O)CN=C(N)Nc1ccc(OC(F)(F)F)cc1. The Morgan fingerprint density at radius 2 is 1.79 bits per heavy atom. The van der Waals surface area contributed by atoms with Gasteiger partial charge in [0, 0.05) is 18.8 Å². The van der Waals surface area contributed by atoms with E-state index < -0.39 is 6.36 Å². The molecule has 0 atom stereocenters. The summed E-state index contributed by atoms with van der Waals surface area (Å²) in [7, 11) is 0. The largest absolute Gasteiger partial charge is 0.573 e. The molecule has 9 heteroatoms. The topological polar surface area (TPSA) is 80.0 Å². The van der Waals surface area contributed by atoms with Crippen molar-refractivity contribution >= 4 is 17.6 Å². The molecule has 2 aromatic carbocycles. The van der Waals surface area contributed by atoms with Crippen LogP contribution in [-0.2, 0) is 11.3 Å². The van der Waals surface area contributed by atoms with E-state index in [2.05, 4.69) is 15.0 Å². The fourth-order valence-electron chi connectivity index (χ4n) is 2.36. The number of amides is 1. The molecular formula is C19H21F3N4O2. The van der Waals surface area contributed by atoms with Gasteiger partial charge in [0.15, 0.2) is 5.96 Å². The monoisotopic (exact) mass is 394 g/mol. The number of alkyl halides is 3. The van der Waals surface area contributed by atoms with Crippen LogP contribution >= 0.6 is 0 Å². The number of nitrogens with zero attached hydrogens (tertiary/aromatic N) is 2. The highest BCUT2D eigenvalue weighted by molar-refractivity contribution is 5.93. The van der Waals surface area contributed by atoms with E-state index >= 15 is 0 Å². The molecule has 1 amide bonds. The summed E-state index contributed by atoms with van der Waals surface area (Å²) in [6, 6.07) is 14.6. The summed E-state index contributed by atoms with van der Waals surface area (Å²) in [5.74, 6) is -0.554. The Balaban J connectivity index is 1.89. The first-order valence-electron chi connectivity index (χ1n) is 8.51. The third-order valence-corrected chi connectivity index (χ3v) is 3.70. The number of ether oxygens (including phenoxy) is 1. The molecule has 0 unspecified atom stereocenters. The first-order valence-corrected chi connectivity index (χ1v) is 8.51. The van der Waals surface area contributed by atoms with Crippen molar-refractivity contribution < 1.29 is 22.7 Å². The molecule has 0 aliphatic carbocycles. The van der Waals surface area contributed by atoms with Crippen molar-refractivity contribution in [2.24, 2.45) is 10.7 Å². The van der Waals surface area contributed by atoms with Crippen molar-refractivity contribution in [3.8, 4) is 5.75 Å². The van der Waals surface area contributed by atoms with Gasteiger partial charge < -0.3 is 20.7 Å². The molecule has 2 rings (SSSR count). The first-order chi connectivity index (χ1) is 13.3. The predicted octanol–water partition coefficient (Wildman–Crippen LogP) is 3.36. The molecule has 6 nitrogen and oxygen atoms in total. The highest BCUT2D eigenvalue weighted by atomic mass is 19.4. The number of aliphatic imine (C=N–C) groups is 1. The van der Waals surface area contributed by atoms with Crippen molar-refractivity contribution in [1.82, 2.24) is 4.90 Å². The Morgan fingerprint density at radius 3 is 2.36 bits per heavy atom. The molecule has 2 aromatic rings. The molecule has 0 heterocycles. The molecule has 0 bridgehead atoms. The summed E-state index contributed by atoms with van der Waals surface area (Å²) in [6.07, 6.45) is -4.75. The summed E-state index contributed by atoms with van der Waals surface area (Å²) >= 11 is 0. The van der Waals surface area contributed by atoms with Gasteiger partial charge in [-0.25, -0.2) is 4.99 Å². The van der Waals surface area contributed by atoms with E-state index in [4.69, 9.17) is 5.73 Å². The van der Waals surface area contributed by atoms with Crippen LogP contribution in [0.5, 0.6) is 5.75 Å². The first kappa shape index (κ1) is 21.1. The third-order valence-electron chi connectivity index (χ3n) is 3.70. The number of carbonyl (C=O) groups excluding carboxylic acids is 1. The highest BCUT2D eigenvalue weighted by Crippen LogP contribution is 2.23. The van der Waals surface area contributed by atoms with Crippen molar-refractivity contribution in [2.45, 2.75) is 19.8 Å². The van der Waals surface area contributed by atoms with Crippen LogP contribution in [-0.4, -0.2) is 36.2 Å². The number of guanidine groups is 1. The number of nitrogens with one attached hydrogen (secondary N) is 1. The number of anilines is 1. The minimum Gasteiger partial charge on any atom is -0.406 e. The maximum Gasteiger partial charge on any atom is 0.573 e. The zero-order chi connectivity index (χ0) is 20.6. The van der Waals surface area contributed by atoms with Gasteiger partial charge in [0.25, 0.3) is 0 Å². The fraction of sp³-hybridized carbons (Fsp3) is 0.263. The summed E-state index contributed by atoms with van der Waals surface area (Å²) in [5, 5.41) is 2.71. The number of halogens is 3. The van der Waals surface area contributed by atoms with Crippen LogP contribution in [0.4, 0.5) is 18.9 Å². The lowest BCUT2D eigenvalue weighted by atomic mass is 10.2. The van der Waals surface area contributed by atoms with Gasteiger partial charge in [-0.2, -0.15) is 0 Å². The molecule has 0 aliphatic rings. The average Bonchev–Trinajstić information content (AvgIpc) is 2.65. The maximum atomic E-state index is 12.3. The van der Waals surface area contributed by atoms with E-state index in [9.17, 15) is 18.0 Å². The lowest BCUT2D eigenvalue weighted by molar-refractivity contribution is -0.274. The van der Waals surface area contributed by atoms with Gasteiger partial charge in [-0.15, -0.1) is 13.2 Å². The van der Waals surface area contributed by atoms with E-state index in [1.807, 2.05) is 37.3 Å². The fourth-order valence-corrected chi connectivity index (χ4v) is 2.36. The number of nitrogens with two attached hydrogens (primary N) is 1. The standard InChI is InChI=1S/C19H21F3N4O2/c1-2-26(13-14-6-4-3-5-7-14)17(27)12-24-18(23)25-15-8-10-16(11-9-15)28-19(20,21)22/h3-11H,2,12-13H2,1H3,(H3,23,24,25). The second-order valence-electron chi connectivity index (χ2n) is 5.79. The smallest absolute Gasteiger partial charge is 0.406 e. The van der Waals surface area contributed by atoms with Crippen LogP contribution in [0.2, 0.25) is 0 Å². The lowest BCUT2D eigenvalue weighted by Crippen LogP contribution is -2.33. The number of benzene rings is 2. The van der Waals surface area contributed by atoms with Crippen LogP contribution in [0, 0.1) is 0 Å². The average molecular weight is 394 g/mol. The van der Waals surface area contributed by atoms with Crippen molar-refractivity contribution in [2.75, 3.05) is 18.4 Å². The number of likely N-dealkylation sites (N-methyl/N-ethyl adjacent to an activating group) is 1. The van der Waals surface area contributed by atoms with Crippen LogP contribution in [0.1, 0.15) is 12.5 Å². The molecule has 150 valence electrons. The van der Waals surface area contributed by atoms with Gasteiger partial charge in [0.05, 0.1) is 0 Å². The molecule has 0 saturated heterocycles. The van der Waals surface area contributed by atoms with Crippen molar-refractivity contribution in [1.29, 1.82) is 0 Å². The third kappa shape index (κ3) is 7.18. The molecular weight excluding hydrogens is 373 g/mol. The molecule has 0 aromatic heterocycles. The van der Waals surface area contributed by atoms with Gasteiger partial charge in [-0.05, 0) is 36.8 Å². The Labute approximate surface area is 160 Å². The van der Waals surface area contributed by atoms with Gasteiger partial charge in [0.2, 0.25) is 5.91 Å². The van der Waals surface area contributed by atoms with Crippen LogP contribution in [0.25, 0.3) is 0 Å². The van der Waals surface area contributed by atoms with E-state index in [0.717, 1.165) is 17.7 Å². The number of hydrogen-bond acceptors (Lipinski definition) is 3. The second kappa shape index (κ2) is 9.63. The summed E-state index contributed by atoms with van der Waals surface area (Å²) in [5.41, 5.74) is 7.17. The summed E-state index contributed by atoms with van der Waals surface area (Å²) in [6.45, 7) is 2.72. The zero-order valence-electron chi connectivity index (χ0n) is 15.2. The van der Waals surface area contributed by atoms with Gasteiger partial charge in [-0.1, -0.05) is 30.3 Å². The normalized spacial score (nSPS) is 11.8. The van der Waals surface area contributed by atoms with Gasteiger partial charge in [0.1, 0.15) is 12.3 Å². The van der Waals surface area contributed by atoms with Crippen LogP contribution in [0.15, 0.2) is 59.6 Å². The molecule has 0 radical (unpaired) electrons. The van der Waals surface area contributed by atoms with E-state index in [1.165, 1.54) is 12.1 Å². The molecule has 3 N–H and O–H groups in total. The molecule has 0 saturated carbocycles.